The van der Waals surface area contributed by atoms with Crippen LogP contribution in [0.2, 0.25) is 0 Å². The van der Waals surface area contributed by atoms with Gasteiger partial charge in [-0.15, -0.1) is 0 Å². The molecule has 0 aromatic heterocycles. The summed E-state index contributed by atoms with van der Waals surface area (Å²) in [5.41, 5.74) is 4.63. The number of nitrogens with two attached hydrogens (primary N) is 1. The van der Waals surface area contributed by atoms with Crippen molar-refractivity contribution in [2.24, 2.45) is 0 Å². The maximum absolute atomic E-state index is 10.8. The summed E-state index contributed by atoms with van der Waals surface area (Å²) < 4.78 is 28.0. The van der Waals surface area contributed by atoms with Gasteiger partial charge < -0.3 is 0 Å². The van der Waals surface area contributed by atoms with E-state index in [-0.39, 0.29) is 10.0 Å². The molecule has 1 aromatic rings. The molecule has 0 atom stereocenters. The fourth-order valence-electron chi connectivity index (χ4n) is 0.871. The normalized spacial score (nSPS) is 11.3. The van der Waals surface area contributed by atoms with Crippen LogP contribution in [0.1, 0.15) is 0 Å². The van der Waals surface area contributed by atoms with Crippen molar-refractivity contribution in [3.8, 4) is 0 Å². The number of hydrogen-bond acceptors (Lipinski definition) is 4. The van der Waals surface area contributed by atoms with Gasteiger partial charge in [0.25, 0.3) is 0 Å². The first-order valence-corrected chi connectivity index (χ1v) is 6.80. The molecule has 76 valence electrons. The molecular weight excluding hydrogens is 255 g/mol. The molecule has 0 aliphatic carbocycles. The zero-order valence-electron chi connectivity index (χ0n) is 6.82. The molecule has 0 spiro atoms. The Bertz CT molecular complexity index is 426. The molecule has 0 radical (unpaired) electrons. The van der Waals surface area contributed by atoms with Crippen molar-refractivity contribution in [3.05, 3.63) is 28.3 Å². The van der Waals surface area contributed by atoms with Crippen LogP contribution in [0.5, 0.6) is 0 Å². The average molecular weight is 262 g/mol. The summed E-state index contributed by atoms with van der Waals surface area (Å²) in [4.78, 5) is 9.59. The zero-order valence-corrected chi connectivity index (χ0v) is 8.70. The quantitative estimate of drug-likeness (QED) is 0.264. The molecule has 0 heterocycles. The summed E-state index contributed by atoms with van der Waals surface area (Å²) in [6.45, 7) is 0. The van der Waals surface area contributed by atoms with Crippen LogP contribution < -0.4 is 10.1 Å². The third kappa shape index (κ3) is 2.14. The second-order valence-corrected chi connectivity index (χ2v) is 5.91. The van der Waals surface area contributed by atoms with Crippen LogP contribution in [0.25, 0.3) is 0 Å². The van der Waals surface area contributed by atoms with Gasteiger partial charge in [-0.05, 0) is 0 Å². The Labute approximate surface area is 81.3 Å². The minimum atomic E-state index is -5.07. The molecule has 0 fully saturated rings. The van der Waals surface area contributed by atoms with Crippen LogP contribution >= 0.6 is 0 Å². The summed E-state index contributed by atoms with van der Waals surface area (Å²) in [7, 11) is 0. The van der Waals surface area contributed by atoms with Crippen LogP contribution in [0, 0.1) is 10.1 Å². The van der Waals surface area contributed by atoms with Crippen LogP contribution in [-0.2, 0) is 3.74 Å². The van der Waals surface area contributed by atoms with Crippen LogP contribution in [0.15, 0.2) is 18.2 Å². The van der Waals surface area contributed by atoms with E-state index < -0.39 is 24.8 Å². The number of nitro benzene ring substituents is 1. The summed E-state index contributed by atoms with van der Waals surface area (Å²) in [6, 6.07) is 2.99. The van der Waals surface area contributed by atoms with Gasteiger partial charge >= 0.3 is 80.8 Å². The van der Waals surface area contributed by atoms with Crippen LogP contribution in [0.3, 0.4) is 0 Å². The Morgan fingerprint density at radius 2 is 2.00 bits per heavy atom. The van der Waals surface area contributed by atoms with E-state index in [1.54, 1.807) is 0 Å². The van der Waals surface area contributed by atoms with Crippen LogP contribution in [-0.4, -0.2) is 27.3 Å². The Hall–Kier alpha value is -1.30. The SMILES string of the molecule is Nc1ccc([As](=O)(O)O)cc1[N+](=O)[O-]. The number of nitrogen functional groups attached to an aromatic ring is 1. The molecule has 4 N–H and O–H groups in total. The number of hydrogen-bond donors (Lipinski definition) is 3. The summed E-state index contributed by atoms with van der Waals surface area (Å²) >= 11 is -5.07. The first kappa shape index (κ1) is 10.8. The molecule has 14 heavy (non-hydrogen) atoms. The second-order valence-electron chi connectivity index (χ2n) is 2.54. The molecule has 8 heteroatoms. The van der Waals surface area contributed by atoms with Crippen molar-refractivity contribution in [2.45, 2.75) is 0 Å². The van der Waals surface area contributed by atoms with E-state index in [1.807, 2.05) is 0 Å². The van der Waals surface area contributed by atoms with Gasteiger partial charge in [-0.3, -0.25) is 0 Å². The zero-order chi connectivity index (χ0) is 10.9. The fourth-order valence-corrected chi connectivity index (χ4v) is 2.04. The molecule has 0 saturated carbocycles. The molecular formula is C6H7AsN2O5. The fraction of sp³-hybridized carbons (Fsp3) is 0. The van der Waals surface area contributed by atoms with Crippen molar-refractivity contribution >= 4 is 29.9 Å². The van der Waals surface area contributed by atoms with Gasteiger partial charge in [0.1, 0.15) is 0 Å². The van der Waals surface area contributed by atoms with Gasteiger partial charge in [-0.1, -0.05) is 0 Å². The Morgan fingerprint density at radius 1 is 1.43 bits per heavy atom. The van der Waals surface area contributed by atoms with Gasteiger partial charge in [0, 0.05) is 0 Å². The third-order valence-corrected chi connectivity index (χ3v) is 3.54. The van der Waals surface area contributed by atoms with Gasteiger partial charge in [0.2, 0.25) is 0 Å². The van der Waals surface area contributed by atoms with Crippen molar-refractivity contribution in [1.82, 2.24) is 0 Å². The van der Waals surface area contributed by atoms with Gasteiger partial charge in [0.15, 0.2) is 0 Å². The molecule has 1 aromatic carbocycles. The van der Waals surface area contributed by atoms with Crippen molar-refractivity contribution in [1.29, 1.82) is 0 Å². The predicted molar refractivity (Wildman–Crippen MR) is 48.0 cm³/mol. The minimum absolute atomic E-state index is 0.122. The van der Waals surface area contributed by atoms with Gasteiger partial charge in [-0.25, -0.2) is 0 Å². The predicted octanol–water partition coefficient (Wildman–Crippen LogP) is -1.26. The van der Waals surface area contributed by atoms with Gasteiger partial charge in [0.05, 0.1) is 0 Å². The topological polar surface area (TPSA) is 127 Å². The first-order valence-electron chi connectivity index (χ1n) is 3.42. The second kappa shape index (κ2) is 3.45. The molecule has 0 unspecified atom stereocenters. The first-order chi connectivity index (χ1) is 6.32. The number of rotatable bonds is 2. The number of benzene rings is 1. The molecule has 0 amide bonds. The van der Waals surface area contributed by atoms with Crippen molar-refractivity contribution in [2.75, 3.05) is 5.73 Å². The van der Waals surface area contributed by atoms with E-state index in [0.29, 0.717) is 0 Å². The van der Waals surface area contributed by atoms with E-state index in [2.05, 4.69) is 0 Å². The summed E-state index contributed by atoms with van der Waals surface area (Å²) in [6.07, 6.45) is 0. The molecule has 0 saturated heterocycles. The Morgan fingerprint density at radius 3 is 2.43 bits per heavy atom. The monoisotopic (exact) mass is 262 g/mol. The van der Waals surface area contributed by atoms with E-state index in [9.17, 15) is 13.9 Å². The molecule has 7 nitrogen and oxygen atoms in total. The summed E-state index contributed by atoms with van der Waals surface area (Å²) in [5, 5.41) is 10.4. The van der Waals surface area contributed by atoms with Crippen LogP contribution in [0.4, 0.5) is 11.4 Å². The van der Waals surface area contributed by atoms with E-state index in [1.165, 1.54) is 0 Å². The van der Waals surface area contributed by atoms with Crippen molar-refractivity contribution in [3.63, 3.8) is 0 Å². The Kier molecular flexibility index (Phi) is 2.66. The molecule has 1 rings (SSSR count). The molecule has 0 aliphatic heterocycles. The average Bonchev–Trinajstić information content (AvgIpc) is 2.02. The number of anilines is 1. The van der Waals surface area contributed by atoms with E-state index in [0.717, 1.165) is 18.2 Å². The van der Waals surface area contributed by atoms with E-state index in [4.69, 9.17) is 13.9 Å². The number of nitro groups is 1. The summed E-state index contributed by atoms with van der Waals surface area (Å²) in [5.74, 6) is 0. The molecule has 0 bridgehead atoms. The van der Waals surface area contributed by atoms with E-state index >= 15 is 0 Å². The maximum atomic E-state index is 10.8. The third-order valence-electron chi connectivity index (χ3n) is 1.55. The van der Waals surface area contributed by atoms with Crippen molar-refractivity contribution < 1.29 is 16.9 Å². The number of nitrogens with zero attached hydrogens (tertiary/aromatic N) is 1. The van der Waals surface area contributed by atoms with Gasteiger partial charge in [-0.2, -0.15) is 0 Å². The Balaban J connectivity index is 3.34. The molecule has 0 aliphatic rings. The standard InChI is InChI=1S/C6H7AsN2O5/c8-5-2-1-4(7(10,11)12)3-6(5)9(13)14/h1-3H,8H2,(H2,10,11,12).